The first-order chi connectivity index (χ1) is 16.1. The van der Waals surface area contributed by atoms with Crippen LogP contribution in [0.5, 0.6) is 11.5 Å². The summed E-state index contributed by atoms with van der Waals surface area (Å²) >= 11 is 0.953. The topological polar surface area (TPSA) is 108 Å². The minimum Gasteiger partial charge on any atom is -0.494 e. The number of para-hydroxylation sites is 1. The number of hydrogen-bond acceptors (Lipinski definition) is 7. The van der Waals surface area contributed by atoms with Gasteiger partial charge in [-0.1, -0.05) is 29.5 Å². The van der Waals surface area contributed by atoms with E-state index in [1.165, 1.54) is 19.1 Å². The van der Waals surface area contributed by atoms with Gasteiger partial charge in [0, 0.05) is 5.56 Å². The number of carboxylic acid groups (broad SMARTS) is 1. The maximum atomic E-state index is 13.7. The summed E-state index contributed by atoms with van der Waals surface area (Å²) in [5.74, 6) is -0.662. The Morgan fingerprint density at radius 1 is 1.06 bits per heavy atom. The molecule has 0 unspecified atom stereocenters. The molecule has 0 spiro atoms. The largest absolute Gasteiger partial charge is 0.494 e. The molecule has 34 heavy (non-hydrogen) atoms. The third-order valence-corrected chi connectivity index (χ3v) is 6.02. The molecule has 0 radical (unpaired) electrons. The second-order valence-corrected chi connectivity index (χ2v) is 8.80. The fraction of sp³-hybridized carbons (Fsp3) is 0.348. The van der Waals surface area contributed by atoms with Crippen molar-refractivity contribution in [2.75, 3.05) is 13.2 Å². The van der Waals surface area contributed by atoms with Gasteiger partial charge in [-0.25, -0.2) is 0 Å². The van der Waals surface area contributed by atoms with E-state index in [0.29, 0.717) is 19.4 Å². The standard InChI is InChI=1S/C23H24F3N3O4S/c1-22(27,14-19(30)31)21-29-28-20(34-21)15-9-10-18(17(13-15)23(24,25)26)33-12-6-5-11-32-16-7-3-2-4-8-16/h2-4,7-10,13H,5-6,11-12,14,27H2,1H3,(H,30,31)/t22-/m0/s1. The molecule has 0 aliphatic carbocycles. The summed E-state index contributed by atoms with van der Waals surface area (Å²) < 4.78 is 52.0. The Hall–Kier alpha value is -3.18. The fourth-order valence-electron chi connectivity index (χ4n) is 3.06. The van der Waals surface area contributed by atoms with Crippen molar-refractivity contribution in [3.8, 4) is 22.1 Å². The van der Waals surface area contributed by atoms with Crippen LogP contribution in [0.4, 0.5) is 13.2 Å². The summed E-state index contributed by atoms with van der Waals surface area (Å²) in [6.07, 6.45) is -3.89. The molecule has 7 nitrogen and oxygen atoms in total. The van der Waals surface area contributed by atoms with Gasteiger partial charge in [-0.15, -0.1) is 10.2 Å². The molecule has 0 aliphatic heterocycles. The fourth-order valence-corrected chi connectivity index (χ4v) is 3.96. The monoisotopic (exact) mass is 495 g/mol. The molecule has 2 aromatic carbocycles. The number of nitrogens with two attached hydrogens (primary N) is 1. The number of nitrogens with zero attached hydrogens (tertiary/aromatic N) is 2. The van der Waals surface area contributed by atoms with Crippen LogP contribution in [0.15, 0.2) is 48.5 Å². The molecule has 0 aliphatic rings. The predicted molar refractivity (Wildman–Crippen MR) is 121 cm³/mol. The quantitative estimate of drug-likeness (QED) is 0.356. The van der Waals surface area contributed by atoms with Gasteiger partial charge in [0.25, 0.3) is 0 Å². The number of ether oxygens (including phenoxy) is 2. The summed E-state index contributed by atoms with van der Waals surface area (Å²) in [5, 5.41) is 17.2. The molecule has 3 aromatic rings. The molecule has 0 fully saturated rings. The van der Waals surface area contributed by atoms with Crippen molar-refractivity contribution in [1.29, 1.82) is 0 Å². The lowest BCUT2D eigenvalue weighted by molar-refractivity contribution is -0.139. The summed E-state index contributed by atoms with van der Waals surface area (Å²) in [4.78, 5) is 11.0. The molecular formula is C23H24F3N3O4S. The van der Waals surface area contributed by atoms with Crippen LogP contribution in [0.2, 0.25) is 0 Å². The van der Waals surface area contributed by atoms with Crippen molar-refractivity contribution in [3.05, 3.63) is 59.1 Å². The van der Waals surface area contributed by atoms with Crippen molar-refractivity contribution in [2.45, 2.75) is 37.9 Å². The molecule has 0 saturated heterocycles. The van der Waals surface area contributed by atoms with Crippen LogP contribution in [-0.2, 0) is 16.5 Å². The second-order valence-electron chi connectivity index (χ2n) is 7.83. The van der Waals surface area contributed by atoms with Crippen molar-refractivity contribution < 1.29 is 32.5 Å². The number of aliphatic carboxylic acids is 1. The molecule has 3 rings (SSSR count). The molecule has 0 saturated carbocycles. The van der Waals surface area contributed by atoms with Gasteiger partial charge in [-0.05, 0) is 50.1 Å². The maximum Gasteiger partial charge on any atom is 0.419 e. The van der Waals surface area contributed by atoms with Gasteiger partial charge < -0.3 is 20.3 Å². The SMILES string of the molecule is C[C@](N)(CC(=O)O)c1nnc(-c2ccc(OCCCCOc3ccccc3)c(C(F)(F)F)c2)s1. The van der Waals surface area contributed by atoms with E-state index in [2.05, 4.69) is 10.2 Å². The van der Waals surface area contributed by atoms with E-state index in [0.717, 1.165) is 23.2 Å². The molecule has 0 bridgehead atoms. The average Bonchev–Trinajstić information content (AvgIpc) is 3.27. The highest BCUT2D eigenvalue weighted by Gasteiger charge is 2.35. The highest BCUT2D eigenvalue weighted by Crippen LogP contribution is 2.40. The minimum atomic E-state index is -4.64. The lowest BCUT2D eigenvalue weighted by atomic mass is 10.0. The van der Waals surface area contributed by atoms with Gasteiger partial charge >= 0.3 is 12.1 Å². The van der Waals surface area contributed by atoms with Crippen LogP contribution in [0.3, 0.4) is 0 Å². The number of carboxylic acids is 1. The molecule has 0 amide bonds. The molecule has 1 aromatic heterocycles. The van der Waals surface area contributed by atoms with Crippen molar-refractivity contribution >= 4 is 17.3 Å². The first kappa shape index (κ1) is 25.4. The molecule has 1 heterocycles. The number of alkyl halides is 3. The first-order valence-electron chi connectivity index (χ1n) is 10.4. The third kappa shape index (κ3) is 6.91. The van der Waals surface area contributed by atoms with E-state index >= 15 is 0 Å². The van der Waals surface area contributed by atoms with E-state index in [4.69, 9.17) is 20.3 Å². The minimum absolute atomic E-state index is 0.101. The smallest absolute Gasteiger partial charge is 0.419 e. The van der Waals surface area contributed by atoms with E-state index in [1.54, 1.807) is 0 Å². The summed E-state index contributed by atoms with van der Waals surface area (Å²) in [6.45, 7) is 2.01. The van der Waals surface area contributed by atoms with E-state index < -0.39 is 29.7 Å². The Kier molecular flexibility index (Phi) is 8.11. The van der Waals surface area contributed by atoms with Crippen molar-refractivity contribution in [2.24, 2.45) is 5.73 Å². The van der Waals surface area contributed by atoms with Crippen molar-refractivity contribution in [1.82, 2.24) is 10.2 Å². The second kappa shape index (κ2) is 10.8. The van der Waals surface area contributed by atoms with E-state index in [9.17, 15) is 18.0 Å². The molecule has 11 heteroatoms. The number of halogens is 3. The van der Waals surface area contributed by atoms with Gasteiger partial charge in [-0.2, -0.15) is 13.2 Å². The van der Waals surface area contributed by atoms with Crippen LogP contribution in [0, 0.1) is 0 Å². The number of unbranched alkanes of at least 4 members (excludes halogenated alkanes) is 1. The molecular weight excluding hydrogens is 471 g/mol. The normalized spacial score (nSPS) is 13.3. The average molecular weight is 496 g/mol. The zero-order valence-electron chi connectivity index (χ0n) is 18.3. The Balaban J connectivity index is 1.64. The summed E-state index contributed by atoms with van der Waals surface area (Å²) in [5.41, 5.74) is 3.96. The van der Waals surface area contributed by atoms with E-state index in [1.807, 2.05) is 30.3 Å². The van der Waals surface area contributed by atoms with Crippen LogP contribution in [0.25, 0.3) is 10.6 Å². The zero-order chi connectivity index (χ0) is 24.8. The number of aromatic nitrogens is 2. The Bertz CT molecular complexity index is 1100. The molecule has 3 N–H and O–H groups in total. The highest BCUT2D eigenvalue weighted by molar-refractivity contribution is 7.14. The number of rotatable bonds is 11. The summed E-state index contributed by atoms with van der Waals surface area (Å²) in [7, 11) is 0. The van der Waals surface area contributed by atoms with Gasteiger partial charge in [0.05, 0.1) is 30.7 Å². The summed E-state index contributed by atoms with van der Waals surface area (Å²) in [6, 6.07) is 12.9. The van der Waals surface area contributed by atoms with E-state index in [-0.39, 0.29) is 27.9 Å². The Labute approximate surface area is 198 Å². The van der Waals surface area contributed by atoms with Crippen LogP contribution >= 0.6 is 11.3 Å². The van der Waals surface area contributed by atoms with Crippen LogP contribution in [0.1, 0.15) is 36.8 Å². The lowest BCUT2D eigenvalue weighted by Gasteiger charge is -2.18. The Morgan fingerprint density at radius 3 is 2.38 bits per heavy atom. The van der Waals surface area contributed by atoms with Crippen LogP contribution < -0.4 is 15.2 Å². The molecule has 182 valence electrons. The highest BCUT2D eigenvalue weighted by atomic mass is 32.1. The number of hydrogen-bond donors (Lipinski definition) is 2. The number of benzene rings is 2. The number of carbonyl (C=O) groups is 1. The van der Waals surface area contributed by atoms with Gasteiger partial charge in [-0.3, -0.25) is 4.79 Å². The van der Waals surface area contributed by atoms with Gasteiger partial charge in [0.15, 0.2) is 0 Å². The lowest BCUT2D eigenvalue weighted by Crippen LogP contribution is -2.35. The first-order valence-corrected chi connectivity index (χ1v) is 11.2. The third-order valence-electron chi connectivity index (χ3n) is 4.77. The van der Waals surface area contributed by atoms with Gasteiger partial charge in [0.2, 0.25) is 0 Å². The predicted octanol–water partition coefficient (Wildman–Crippen LogP) is 5.11. The van der Waals surface area contributed by atoms with Crippen LogP contribution in [-0.4, -0.2) is 34.5 Å². The maximum absolute atomic E-state index is 13.7. The van der Waals surface area contributed by atoms with Gasteiger partial charge in [0.1, 0.15) is 21.5 Å². The zero-order valence-corrected chi connectivity index (χ0v) is 19.2. The molecule has 1 atom stereocenters. The Morgan fingerprint density at radius 2 is 1.74 bits per heavy atom. The van der Waals surface area contributed by atoms with Crippen molar-refractivity contribution in [3.63, 3.8) is 0 Å².